The Hall–Kier alpha value is -3.49. The molecule has 3 aromatic rings. The molecular weight excluding hydrogens is 347 g/mol. The van der Waals surface area contributed by atoms with Gasteiger partial charge >= 0.3 is 5.97 Å². The summed E-state index contributed by atoms with van der Waals surface area (Å²) in [5.41, 5.74) is 0.833. The molecule has 0 saturated heterocycles. The highest BCUT2D eigenvalue weighted by molar-refractivity contribution is 6.11. The standard InChI is InChI=1S/C17H13FN2O6/c1-25-19-17(13(18)8-16(21)22)9-2-5-14-12(6-9)11-4-3-10(20(23)24)7-15(11)26-14/h2-7,13H,8H2,1H3,(H,21,22)/b19-17+. The third kappa shape index (κ3) is 3.18. The van der Waals surface area contributed by atoms with Gasteiger partial charge in [0.2, 0.25) is 0 Å². The van der Waals surface area contributed by atoms with Crippen LogP contribution in [-0.2, 0) is 9.63 Å². The number of carbonyl (C=O) groups is 1. The first kappa shape index (κ1) is 17.3. The van der Waals surface area contributed by atoms with E-state index in [1.54, 1.807) is 18.2 Å². The molecule has 0 aliphatic rings. The number of alkyl halides is 1. The highest BCUT2D eigenvalue weighted by atomic mass is 19.1. The van der Waals surface area contributed by atoms with Crippen molar-refractivity contribution in [3.63, 3.8) is 0 Å². The maximum absolute atomic E-state index is 14.3. The molecule has 134 valence electrons. The Kier molecular flexibility index (Phi) is 4.53. The van der Waals surface area contributed by atoms with E-state index < -0.39 is 23.5 Å². The fourth-order valence-electron chi connectivity index (χ4n) is 2.68. The van der Waals surface area contributed by atoms with Crippen molar-refractivity contribution in [2.24, 2.45) is 5.16 Å². The summed E-state index contributed by atoms with van der Waals surface area (Å²) in [6.45, 7) is 0. The lowest BCUT2D eigenvalue weighted by Crippen LogP contribution is -2.21. The third-order valence-corrected chi connectivity index (χ3v) is 3.80. The fraction of sp³-hybridized carbons (Fsp3) is 0.176. The summed E-state index contributed by atoms with van der Waals surface area (Å²) in [7, 11) is 1.23. The monoisotopic (exact) mass is 360 g/mol. The summed E-state index contributed by atoms with van der Waals surface area (Å²) in [6, 6.07) is 8.86. The molecule has 1 heterocycles. The molecule has 0 aliphatic heterocycles. The largest absolute Gasteiger partial charge is 0.481 e. The van der Waals surface area contributed by atoms with E-state index >= 15 is 0 Å². The molecule has 26 heavy (non-hydrogen) atoms. The SMILES string of the molecule is CO/N=C(\c1ccc2oc3cc([N+](=O)[O-])ccc3c2c1)C(F)CC(=O)O. The van der Waals surface area contributed by atoms with Gasteiger partial charge < -0.3 is 14.4 Å². The number of furan rings is 1. The Morgan fingerprint density at radius 1 is 1.31 bits per heavy atom. The Bertz CT molecular complexity index is 1040. The van der Waals surface area contributed by atoms with Crippen LogP contribution in [0.25, 0.3) is 21.9 Å². The number of oxime groups is 1. The van der Waals surface area contributed by atoms with Gasteiger partial charge in [0.05, 0.1) is 17.4 Å². The van der Waals surface area contributed by atoms with Crippen molar-refractivity contribution >= 4 is 39.3 Å². The zero-order chi connectivity index (χ0) is 18.8. The molecule has 9 heteroatoms. The van der Waals surface area contributed by atoms with Crippen LogP contribution in [0.5, 0.6) is 0 Å². The molecule has 0 amide bonds. The Morgan fingerprint density at radius 3 is 2.73 bits per heavy atom. The fourth-order valence-corrected chi connectivity index (χ4v) is 2.68. The lowest BCUT2D eigenvalue weighted by molar-refractivity contribution is -0.384. The summed E-state index contributed by atoms with van der Waals surface area (Å²) in [5.74, 6) is -1.30. The molecule has 0 radical (unpaired) electrons. The van der Waals surface area contributed by atoms with Gasteiger partial charge in [-0.05, 0) is 24.3 Å². The number of halogens is 1. The number of non-ortho nitro benzene ring substituents is 1. The predicted octanol–water partition coefficient (Wildman–Crippen LogP) is 3.66. The van der Waals surface area contributed by atoms with Crippen molar-refractivity contribution in [1.29, 1.82) is 0 Å². The Morgan fingerprint density at radius 2 is 2.08 bits per heavy atom. The minimum absolute atomic E-state index is 0.108. The van der Waals surface area contributed by atoms with E-state index in [0.29, 0.717) is 27.5 Å². The highest BCUT2D eigenvalue weighted by Crippen LogP contribution is 2.32. The topological polar surface area (TPSA) is 115 Å². The van der Waals surface area contributed by atoms with Gasteiger partial charge in [0.1, 0.15) is 24.0 Å². The number of carboxylic acid groups (broad SMARTS) is 1. The van der Waals surface area contributed by atoms with Crippen LogP contribution in [0.3, 0.4) is 0 Å². The van der Waals surface area contributed by atoms with Crippen LogP contribution in [0.2, 0.25) is 0 Å². The highest BCUT2D eigenvalue weighted by Gasteiger charge is 2.22. The molecule has 0 spiro atoms. The van der Waals surface area contributed by atoms with Gasteiger partial charge in [0.15, 0.2) is 6.17 Å². The van der Waals surface area contributed by atoms with E-state index in [4.69, 9.17) is 9.52 Å². The molecule has 0 fully saturated rings. The van der Waals surface area contributed by atoms with Crippen molar-refractivity contribution in [2.75, 3.05) is 7.11 Å². The van der Waals surface area contributed by atoms with Crippen LogP contribution >= 0.6 is 0 Å². The smallest absolute Gasteiger partial charge is 0.306 e. The average Bonchev–Trinajstić information content (AvgIpc) is 2.95. The van der Waals surface area contributed by atoms with Crippen molar-refractivity contribution in [2.45, 2.75) is 12.6 Å². The van der Waals surface area contributed by atoms with Gasteiger partial charge in [-0.1, -0.05) is 5.16 Å². The van der Waals surface area contributed by atoms with Crippen LogP contribution in [-0.4, -0.2) is 35.0 Å². The number of benzene rings is 2. The molecule has 0 aliphatic carbocycles. The zero-order valence-electron chi connectivity index (χ0n) is 13.5. The van der Waals surface area contributed by atoms with E-state index in [1.807, 2.05) is 0 Å². The minimum atomic E-state index is -1.86. The van der Waals surface area contributed by atoms with Crippen LogP contribution in [0.4, 0.5) is 10.1 Å². The Labute approximate surface area is 145 Å². The van der Waals surface area contributed by atoms with E-state index in [9.17, 15) is 19.3 Å². The van der Waals surface area contributed by atoms with Gasteiger partial charge in [-0.25, -0.2) is 4.39 Å². The number of nitrogens with zero attached hydrogens (tertiary/aromatic N) is 2. The molecule has 0 bridgehead atoms. The summed E-state index contributed by atoms with van der Waals surface area (Å²) in [5, 5.41) is 24.5. The second-order valence-electron chi connectivity index (χ2n) is 5.48. The number of rotatable bonds is 6. The average molecular weight is 360 g/mol. The predicted molar refractivity (Wildman–Crippen MR) is 91.1 cm³/mol. The number of hydrogen-bond acceptors (Lipinski definition) is 6. The maximum Gasteiger partial charge on any atom is 0.306 e. The van der Waals surface area contributed by atoms with Crippen molar-refractivity contribution in [3.8, 4) is 0 Å². The van der Waals surface area contributed by atoms with Crippen molar-refractivity contribution in [3.05, 3.63) is 52.1 Å². The van der Waals surface area contributed by atoms with E-state index in [0.717, 1.165) is 0 Å². The van der Waals surface area contributed by atoms with Crippen molar-refractivity contribution in [1.82, 2.24) is 0 Å². The van der Waals surface area contributed by atoms with Gasteiger partial charge in [0, 0.05) is 22.4 Å². The maximum atomic E-state index is 14.3. The number of nitro benzene ring substituents is 1. The first-order valence-electron chi connectivity index (χ1n) is 7.48. The molecule has 1 atom stereocenters. The lowest BCUT2D eigenvalue weighted by Gasteiger charge is -2.09. The van der Waals surface area contributed by atoms with Gasteiger partial charge in [0.25, 0.3) is 5.69 Å². The van der Waals surface area contributed by atoms with Gasteiger partial charge in [-0.3, -0.25) is 14.9 Å². The van der Waals surface area contributed by atoms with Gasteiger partial charge in [-0.2, -0.15) is 0 Å². The second-order valence-corrected chi connectivity index (χ2v) is 5.48. The first-order valence-corrected chi connectivity index (χ1v) is 7.48. The molecule has 8 nitrogen and oxygen atoms in total. The first-order chi connectivity index (χ1) is 12.4. The normalized spacial score (nSPS) is 13.1. The van der Waals surface area contributed by atoms with Crippen molar-refractivity contribution < 1.29 is 28.5 Å². The van der Waals surface area contributed by atoms with Crippen LogP contribution in [0.1, 0.15) is 12.0 Å². The molecule has 1 unspecified atom stereocenters. The molecule has 1 N–H and O–H groups in total. The number of hydrogen-bond donors (Lipinski definition) is 1. The second kappa shape index (κ2) is 6.79. The van der Waals surface area contributed by atoms with Crippen LogP contribution in [0.15, 0.2) is 46.0 Å². The Balaban J connectivity index is 2.12. The number of aliphatic carboxylic acids is 1. The van der Waals surface area contributed by atoms with E-state index in [1.165, 1.54) is 25.3 Å². The molecule has 2 aromatic carbocycles. The van der Waals surface area contributed by atoms with Crippen LogP contribution < -0.4 is 0 Å². The van der Waals surface area contributed by atoms with Gasteiger partial charge in [-0.15, -0.1) is 0 Å². The summed E-state index contributed by atoms with van der Waals surface area (Å²) < 4.78 is 19.9. The lowest BCUT2D eigenvalue weighted by atomic mass is 10.0. The third-order valence-electron chi connectivity index (χ3n) is 3.80. The number of fused-ring (bicyclic) bond motifs is 3. The van der Waals surface area contributed by atoms with E-state index in [-0.39, 0.29) is 11.4 Å². The molecular formula is C17H13FN2O6. The number of nitro groups is 1. The summed E-state index contributed by atoms with van der Waals surface area (Å²) in [6.07, 6.45) is -2.61. The molecule has 3 rings (SSSR count). The minimum Gasteiger partial charge on any atom is -0.481 e. The summed E-state index contributed by atoms with van der Waals surface area (Å²) in [4.78, 5) is 25.8. The van der Waals surface area contributed by atoms with Crippen LogP contribution in [0, 0.1) is 10.1 Å². The zero-order valence-corrected chi connectivity index (χ0v) is 13.5. The quantitative estimate of drug-likeness (QED) is 0.407. The molecule has 1 aromatic heterocycles. The molecule has 0 saturated carbocycles. The number of carboxylic acids is 1. The van der Waals surface area contributed by atoms with E-state index in [2.05, 4.69) is 9.99 Å². The summed E-state index contributed by atoms with van der Waals surface area (Å²) >= 11 is 0.